The zero-order valence-electron chi connectivity index (χ0n) is 13.2. The number of thioether (sulfide) groups is 1. The Bertz CT molecular complexity index is 413. The molecule has 0 aromatic carbocycles. The molecule has 5 heteroatoms. The van der Waals surface area contributed by atoms with Crippen LogP contribution < -0.4 is 0 Å². The second-order valence-electron chi connectivity index (χ2n) is 6.70. The van der Waals surface area contributed by atoms with Crippen molar-refractivity contribution in [3.05, 3.63) is 11.7 Å². The summed E-state index contributed by atoms with van der Waals surface area (Å²) < 4.78 is 5.43. The van der Waals surface area contributed by atoms with E-state index in [1.54, 1.807) is 0 Å². The molecule has 0 saturated carbocycles. The van der Waals surface area contributed by atoms with Gasteiger partial charge in [0.25, 0.3) is 0 Å². The lowest BCUT2D eigenvalue weighted by atomic mass is 9.94. The van der Waals surface area contributed by atoms with E-state index in [1.165, 1.54) is 38.2 Å². The van der Waals surface area contributed by atoms with E-state index in [-0.39, 0.29) is 0 Å². The summed E-state index contributed by atoms with van der Waals surface area (Å²) in [5, 5.41) is 4.02. The summed E-state index contributed by atoms with van der Waals surface area (Å²) in [6, 6.07) is 0. The minimum Gasteiger partial charge on any atom is -0.340 e. The molecule has 0 amide bonds. The Hall–Kier alpha value is -0.550. The maximum absolute atomic E-state index is 5.06. The molecule has 114 valence electrons. The zero-order chi connectivity index (χ0) is 14.6. The number of aryl methyl sites for hydroxylation is 1. The van der Waals surface area contributed by atoms with Gasteiger partial charge in [0, 0.05) is 36.9 Å². The fraction of sp³-hybridized carbons (Fsp3) is 0.867. The minimum atomic E-state index is 0.372. The highest BCUT2D eigenvalue weighted by atomic mass is 32.2. The Balaban J connectivity index is 1.74. The number of piperidine rings is 1. The van der Waals surface area contributed by atoms with E-state index in [2.05, 4.69) is 47.6 Å². The maximum Gasteiger partial charge on any atom is 0.223 e. The van der Waals surface area contributed by atoms with Crippen LogP contribution in [0.15, 0.2) is 4.52 Å². The van der Waals surface area contributed by atoms with Gasteiger partial charge in [0.05, 0.1) is 0 Å². The average Bonchev–Trinajstić information content (AvgIpc) is 2.73. The maximum atomic E-state index is 5.06. The van der Waals surface area contributed by atoms with Crippen molar-refractivity contribution in [3.8, 4) is 0 Å². The zero-order valence-corrected chi connectivity index (χ0v) is 14.0. The molecule has 1 saturated heterocycles. The van der Waals surface area contributed by atoms with Crippen molar-refractivity contribution in [3.63, 3.8) is 0 Å². The minimum absolute atomic E-state index is 0.372. The average molecular weight is 297 g/mol. The third kappa shape index (κ3) is 5.44. The molecule has 2 heterocycles. The normalized spacial score (nSPS) is 21.3. The standard InChI is InChI=1S/C15H27N3OS/c1-12-16-14(17-19-12)10-13-6-5-7-18(11-13)8-9-20-15(2,3)4/h13H,5-11H2,1-4H3/t13-/m0/s1. The molecule has 1 aromatic rings. The number of rotatable bonds is 5. The van der Waals surface area contributed by atoms with Gasteiger partial charge in [-0.25, -0.2) is 0 Å². The molecular weight excluding hydrogens is 270 g/mol. The number of likely N-dealkylation sites (tertiary alicyclic amines) is 1. The van der Waals surface area contributed by atoms with E-state index in [0.717, 1.165) is 12.2 Å². The molecular formula is C15H27N3OS. The Morgan fingerprint density at radius 1 is 1.40 bits per heavy atom. The second kappa shape index (κ2) is 6.94. The Labute approximate surface area is 126 Å². The molecule has 1 atom stereocenters. The van der Waals surface area contributed by atoms with Crippen molar-refractivity contribution in [1.82, 2.24) is 15.0 Å². The van der Waals surface area contributed by atoms with Gasteiger partial charge in [-0.2, -0.15) is 16.7 Å². The van der Waals surface area contributed by atoms with Gasteiger partial charge in [0.1, 0.15) is 0 Å². The van der Waals surface area contributed by atoms with E-state index in [9.17, 15) is 0 Å². The van der Waals surface area contributed by atoms with Gasteiger partial charge >= 0.3 is 0 Å². The lowest BCUT2D eigenvalue weighted by Crippen LogP contribution is -2.38. The predicted molar refractivity (Wildman–Crippen MR) is 84.1 cm³/mol. The molecule has 1 aromatic heterocycles. The van der Waals surface area contributed by atoms with E-state index >= 15 is 0 Å². The molecule has 0 aliphatic carbocycles. The summed E-state index contributed by atoms with van der Waals surface area (Å²) in [5.41, 5.74) is 0. The van der Waals surface area contributed by atoms with Crippen LogP contribution in [-0.4, -0.2) is 45.2 Å². The highest BCUT2D eigenvalue weighted by molar-refractivity contribution is 8.00. The van der Waals surface area contributed by atoms with Crippen LogP contribution in [0.3, 0.4) is 0 Å². The number of hydrogen-bond donors (Lipinski definition) is 0. The summed E-state index contributed by atoms with van der Waals surface area (Å²) >= 11 is 2.05. The quantitative estimate of drug-likeness (QED) is 0.835. The third-order valence-electron chi connectivity index (χ3n) is 3.59. The van der Waals surface area contributed by atoms with E-state index in [0.29, 0.717) is 16.6 Å². The van der Waals surface area contributed by atoms with Gasteiger partial charge < -0.3 is 9.42 Å². The number of aromatic nitrogens is 2. The third-order valence-corrected chi connectivity index (χ3v) is 4.84. The van der Waals surface area contributed by atoms with Gasteiger partial charge in [-0.3, -0.25) is 0 Å². The highest BCUT2D eigenvalue weighted by Crippen LogP contribution is 2.24. The fourth-order valence-corrected chi connectivity index (χ4v) is 3.65. The first kappa shape index (κ1) is 15.8. The Morgan fingerprint density at radius 2 is 2.20 bits per heavy atom. The van der Waals surface area contributed by atoms with Crippen LogP contribution in [0.25, 0.3) is 0 Å². The van der Waals surface area contributed by atoms with Crippen LogP contribution in [0, 0.1) is 12.8 Å². The van der Waals surface area contributed by atoms with Crippen molar-refractivity contribution in [1.29, 1.82) is 0 Å². The summed E-state index contributed by atoms with van der Waals surface area (Å²) in [4.78, 5) is 6.92. The molecule has 0 spiro atoms. The van der Waals surface area contributed by atoms with Gasteiger partial charge in [-0.05, 0) is 25.3 Å². The van der Waals surface area contributed by atoms with Crippen molar-refractivity contribution in [2.75, 3.05) is 25.4 Å². The molecule has 0 unspecified atom stereocenters. The monoisotopic (exact) mass is 297 g/mol. The van der Waals surface area contributed by atoms with E-state index in [4.69, 9.17) is 4.52 Å². The largest absolute Gasteiger partial charge is 0.340 e. The van der Waals surface area contributed by atoms with E-state index in [1.807, 2.05) is 6.92 Å². The highest BCUT2D eigenvalue weighted by Gasteiger charge is 2.22. The molecule has 0 radical (unpaired) electrons. The van der Waals surface area contributed by atoms with E-state index < -0.39 is 0 Å². The number of nitrogens with zero attached hydrogens (tertiary/aromatic N) is 3. The Kier molecular flexibility index (Phi) is 5.49. The molecule has 1 aliphatic rings. The van der Waals surface area contributed by atoms with Crippen LogP contribution in [-0.2, 0) is 6.42 Å². The summed E-state index contributed by atoms with van der Waals surface area (Å²) in [6.07, 6.45) is 3.54. The lowest BCUT2D eigenvalue weighted by Gasteiger charge is -2.32. The van der Waals surface area contributed by atoms with Gasteiger partial charge in [-0.1, -0.05) is 25.9 Å². The molecule has 1 fully saturated rings. The fourth-order valence-electron chi connectivity index (χ4n) is 2.68. The molecule has 2 rings (SSSR count). The van der Waals surface area contributed by atoms with Gasteiger partial charge in [0.15, 0.2) is 5.82 Å². The lowest BCUT2D eigenvalue weighted by molar-refractivity contribution is 0.181. The topological polar surface area (TPSA) is 42.2 Å². The van der Waals surface area contributed by atoms with Gasteiger partial charge in [0.2, 0.25) is 5.89 Å². The van der Waals surface area contributed by atoms with Crippen LogP contribution in [0.5, 0.6) is 0 Å². The van der Waals surface area contributed by atoms with Crippen LogP contribution >= 0.6 is 11.8 Å². The molecule has 20 heavy (non-hydrogen) atoms. The van der Waals surface area contributed by atoms with Crippen molar-refractivity contribution in [2.24, 2.45) is 5.92 Å². The molecule has 1 aliphatic heterocycles. The van der Waals surface area contributed by atoms with Crippen molar-refractivity contribution >= 4 is 11.8 Å². The summed E-state index contributed by atoms with van der Waals surface area (Å²) in [7, 11) is 0. The first-order chi connectivity index (χ1) is 9.42. The smallest absolute Gasteiger partial charge is 0.223 e. The summed E-state index contributed by atoms with van der Waals surface area (Å²) in [6.45, 7) is 12.3. The second-order valence-corrected chi connectivity index (χ2v) is 8.63. The van der Waals surface area contributed by atoms with Gasteiger partial charge in [-0.15, -0.1) is 0 Å². The Morgan fingerprint density at radius 3 is 2.85 bits per heavy atom. The van der Waals surface area contributed by atoms with Crippen LogP contribution in [0.1, 0.15) is 45.3 Å². The summed E-state index contributed by atoms with van der Waals surface area (Å²) in [5.74, 6) is 3.45. The van der Waals surface area contributed by atoms with Crippen LogP contribution in [0.2, 0.25) is 0 Å². The predicted octanol–water partition coefficient (Wildman–Crippen LogP) is 3.16. The van der Waals surface area contributed by atoms with Crippen molar-refractivity contribution in [2.45, 2.75) is 51.7 Å². The first-order valence-corrected chi connectivity index (χ1v) is 8.56. The van der Waals surface area contributed by atoms with Crippen LogP contribution in [0.4, 0.5) is 0 Å². The number of hydrogen-bond acceptors (Lipinski definition) is 5. The molecule has 4 nitrogen and oxygen atoms in total. The first-order valence-electron chi connectivity index (χ1n) is 7.58. The molecule has 0 N–H and O–H groups in total. The molecule has 0 bridgehead atoms. The SMILES string of the molecule is Cc1nc(C[C@@H]2CCCN(CCSC(C)(C)C)C2)no1. The van der Waals surface area contributed by atoms with Crippen molar-refractivity contribution < 1.29 is 4.52 Å².